The lowest BCUT2D eigenvalue weighted by Gasteiger charge is -1.93. The Hall–Kier alpha value is -1.36. The van der Waals surface area contributed by atoms with Gasteiger partial charge in [0.1, 0.15) is 5.69 Å². The molecule has 68 valence electrons. The minimum absolute atomic E-state index is 0.00144. The van der Waals surface area contributed by atoms with E-state index >= 15 is 0 Å². The maximum Gasteiger partial charge on any atom is 0.194 e. The average Bonchev–Trinajstić information content (AvgIpc) is 2.60. The molecule has 4 nitrogen and oxygen atoms in total. The minimum atomic E-state index is -1.22. The molecule has 0 atom stereocenters. The molecule has 5 heteroatoms. The third kappa shape index (κ3) is 1.21. The molecule has 0 radical (unpaired) electrons. The van der Waals surface area contributed by atoms with Crippen LogP contribution >= 0.6 is 11.3 Å². The highest BCUT2D eigenvalue weighted by molar-refractivity contribution is 7.15. The van der Waals surface area contributed by atoms with Gasteiger partial charge in [-0.25, -0.2) is 4.98 Å². The molecule has 2 aromatic heterocycles. The quantitative estimate of drug-likeness (QED) is 0.693. The number of carboxylic acids is 1. The molecule has 13 heavy (non-hydrogen) atoms. The van der Waals surface area contributed by atoms with Gasteiger partial charge in [-0.15, -0.1) is 11.3 Å². The van der Waals surface area contributed by atoms with Gasteiger partial charge in [-0.3, -0.25) is 4.40 Å². The molecule has 0 fully saturated rings. The number of rotatable bonds is 2. The molecule has 0 amide bonds. The summed E-state index contributed by atoms with van der Waals surface area (Å²) >= 11 is 1.44. The Morgan fingerprint density at radius 2 is 2.54 bits per heavy atom. The lowest BCUT2D eigenvalue weighted by atomic mass is 10.4. The summed E-state index contributed by atoms with van der Waals surface area (Å²) < 4.78 is 1.79. The lowest BCUT2D eigenvalue weighted by Crippen LogP contribution is -2.22. The van der Waals surface area contributed by atoms with Crippen LogP contribution in [0.5, 0.6) is 0 Å². The summed E-state index contributed by atoms with van der Waals surface area (Å²) in [5.74, 6) is -1.22. The molecule has 0 aliphatic carbocycles. The Balaban J connectivity index is 2.63. The van der Waals surface area contributed by atoms with E-state index in [-0.39, 0.29) is 5.69 Å². The molecule has 0 saturated carbocycles. The van der Waals surface area contributed by atoms with Gasteiger partial charge in [-0.05, 0) is 6.42 Å². The maximum atomic E-state index is 10.5. The number of hydrogen-bond acceptors (Lipinski definition) is 4. The van der Waals surface area contributed by atoms with Crippen molar-refractivity contribution in [2.75, 3.05) is 0 Å². The standard InChI is InChI=1S/C8H8N2O2S/c1-2-5-4-13-8-9-6(7(11)12)3-10(5)8/h3-4H,2H2,1H3,(H,11,12)/p-1. The second-order valence-corrected chi connectivity index (χ2v) is 3.48. The zero-order valence-corrected chi connectivity index (χ0v) is 7.80. The van der Waals surface area contributed by atoms with Gasteiger partial charge in [0.15, 0.2) is 4.96 Å². The summed E-state index contributed by atoms with van der Waals surface area (Å²) in [5, 5.41) is 12.5. The van der Waals surface area contributed by atoms with Crippen LogP contribution in [0.25, 0.3) is 4.96 Å². The van der Waals surface area contributed by atoms with Gasteiger partial charge in [0, 0.05) is 17.3 Å². The number of imidazole rings is 1. The summed E-state index contributed by atoms with van der Waals surface area (Å²) in [5.41, 5.74) is 1.07. The van der Waals surface area contributed by atoms with Crippen LogP contribution in [0.1, 0.15) is 23.1 Å². The molecule has 0 aliphatic heterocycles. The summed E-state index contributed by atoms with van der Waals surface area (Å²) in [6.07, 6.45) is 2.36. The van der Waals surface area contributed by atoms with E-state index < -0.39 is 5.97 Å². The van der Waals surface area contributed by atoms with Crippen LogP contribution in [0.4, 0.5) is 0 Å². The van der Waals surface area contributed by atoms with Crippen molar-refractivity contribution < 1.29 is 9.90 Å². The monoisotopic (exact) mass is 195 g/mol. The largest absolute Gasteiger partial charge is 0.543 e. The number of fused-ring (bicyclic) bond motifs is 1. The molecule has 0 N–H and O–H groups in total. The zero-order chi connectivity index (χ0) is 9.42. The second-order valence-electron chi connectivity index (χ2n) is 2.65. The molecule has 2 heterocycles. The van der Waals surface area contributed by atoms with Gasteiger partial charge in [0.25, 0.3) is 0 Å². The van der Waals surface area contributed by atoms with Crippen molar-refractivity contribution in [3.05, 3.63) is 23.0 Å². The number of carbonyl (C=O) groups excluding carboxylic acids is 1. The van der Waals surface area contributed by atoms with E-state index in [1.807, 2.05) is 12.3 Å². The smallest absolute Gasteiger partial charge is 0.194 e. The predicted octanol–water partition coefficient (Wildman–Crippen LogP) is 0.322. The number of nitrogens with zero attached hydrogens (tertiary/aromatic N) is 2. The third-order valence-electron chi connectivity index (χ3n) is 1.85. The molecule has 0 aliphatic rings. The van der Waals surface area contributed by atoms with Crippen LogP contribution < -0.4 is 5.11 Å². The summed E-state index contributed by atoms with van der Waals surface area (Å²) in [6, 6.07) is 0. The fraction of sp³-hybridized carbons (Fsp3) is 0.250. The highest BCUT2D eigenvalue weighted by Gasteiger charge is 2.06. The van der Waals surface area contributed by atoms with Gasteiger partial charge in [-0.1, -0.05) is 6.92 Å². The van der Waals surface area contributed by atoms with Crippen molar-refractivity contribution in [3.63, 3.8) is 0 Å². The number of thiazole rings is 1. The molecule has 0 aromatic carbocycles. The minimum Gasteiger partial charge on any atom is -0.543 e. The number of hydrogen-bond donors (Lipinski definition) is 0. The van der Waals surface area contributed by atoms with Crippen LogP contribution in [0, 0.1) is 0 Å². The van der Waals surface area contributed by atoms with Gasteiger partial charge in [0.05, 0.1) is 5.97 Å². The SMILES string of the molecule is CCc1csc2nc(C(=O)[O-])cn12. The van der Waals surface area contributed by atoms with Crippen LogP contribution in [-0.4, -0.2) is 15.4 Å². The van der Waals surface area contributed by atoms with Crippen LogP contribution in [0.3, 0.4) is 0 Å². The first-order valence-corrected chi connectivity index (χ1v) is 4.77. The number of aryl methyl sites for hydroxylation is 1. The van der Waals surface area contributed by atoms with Gasteiger partial charge < -0.3 is 9.90 Å². The van der Waals surface area contributed by atoms with Crippen molar-refractivity contribution >= 4 is 22.3 Å². The molecule has 0 bridgehead atoms. The number of aromatic carboxylic acids is 1. The fourth-order valence-electron chi connectivity index (χ4n) is 1.18. The van der Waals surface area contributed by atoms with E-state index in [0.29, 0.717) is 4.96 Å². The Morgan fingerprint density at radius 1 is 1.77 bits per heavy atom. The third-order valence-corrected chi connectivity index (χ3v) is 2.74. The van der Waals surface area contributed by atoms with Crippen molar-refractivity contribution in [2.45, 2.75) is 13.3 Å². The number of carbonyl (C=O) groups is 1. The normalized spacial score (nSPS) is 10.8. The molecule has 2 rings (SSSR count). The molecular formula is C8H7N2O2S-. The Kier molecular flexibility index (Phi) is 1.81. The second kappa shape index (κ2) is 2.85. The van der Waals surface area contributed by atoms with Crippen molar-refractivity contribution in [1.29, 1.82) is 0 Å². The Labute approximate surface area is 78.5 Å². The molecule has 0 unspecified atom stereocenters. The van der Waals surface area contributed by atoms with E-state index in [1.54, 1.807) is 4.40 Å². The van der Waals surface area contributed by atoms with Crippen LogP contribution in [0.2, 0.25) is 0 Å². The molecule has 0 spiro atoms. The van der Waals surface area contributed by atoms with E-state index in [9.17, 15) is 9.90 Å². The van der Waals surface area contributed by atoms with Crippen molar-refractivity contribution in [2.24, 2.45) is 0 Å². The first-order chi connectivity index (χ1) is 6.22. The highest BCUT2D eigenvalue weighted by Crippen LogP contribution is 2.16. The van der Waals surface area contributed by atoms with Crippen LogP contribution in [-0.2, 0) is 6.42 Å². The summed E-state index contributed by atoms with van der Waals surface area (Å²) in [4.78, 5) is 15.1. The predicted molar refractivity (Wildman–Crippen MR) is 46.8 cm³/mol. The molecule has 2 aromatic rings. The first-order valence-electron chi connectivity index (χ1n) is 3.89. The van der Waals surface area contributed by atoms with Gasteiger partial charge in [-0.2, -0.15) is 0 Å². The Bertz CT molecular complexity index is 458. The first kappa shape index (κ1) is 8.25. The van der Waals surface area contributed by atoms with Crippen molar-refractivity contribution in [3.8, 4) is 0 Å². The van der Waals surface area contributed by atoms with E-state index in [2.05, 4.69) is 4.98 Å². The van der Waals surface area contributed by atoms with E-state index in [4.69, 9.17) is 0 Å². The summed E-state index contributed by atoms with van der Waals surface area (Å²) in [7, 11) is 0. The lowest BCUT2D eigenvalue weighted by molar-refractivity contribution is -0.255. The fourth-order valence-corrected chi connectivity index (χ4v) is 2.14. The van der Waals surface area contributed by atoms with Gasteiger partial charge >= 0.3 is 0 Å². The summed E-state index contributed by atoms with van der Waals surface area (Å²) in [6.45, 7) is 2.01. The van der Waals surface area contributed by atoms with E-state index in [1.165, 1.54) is 17.5 Å². The number of carboxylic acid groups (broad SMARTS) is 1. The zero-order valence-electron chi connectivity index (χ0n) is 6.98. The molecule has 0 saturated heterocycles. The topological polar surface area (TPSA) is 57.4 Å². The van der Waals surface area contributed by atoms with E-state index in [0.717, 1.165) is 12.1 Å². The average molecular weight is 195 g/mol. The van der Waals surface area contributed by atoms with Crippen LogP contribution in [0.15, 0.2) is 11.6 Å². The Morgan fingerprint density at radius 3 is 3.15 bits per heavy atom. The molecular weight excluding hydrogens is 188 g/mol. The van der Waals surface area contributed by atoms with Crippen molar-refractivity contribution in [1.82, 2.24) is 9.38 Å². The number of aromatic nitrogens is 2. The maximum absolute atomic E-state index is 10.5. The van der Waals surface area contributed by atoms with Gasteiger partial charge in [0.2, 0.25) is 0 Å². The highest BCUT2D eigenvalue weighted by atomic mass is 32.1.